The van der Waals surface area contributed by atoms with Crippen molar-refractivity contribution in [3.8, 4) is 0 Å². The Labute approximate surface area is 98.3 Å². The molecular formula is C10H17F2N3O2. The van der Waals surface area contributed by atoms with Gasteiger partial charge in [-0.2, -0.15) is 4.98 Å². The van der Waals surface area contributed by atoms with E-state index in [1.807, 2.05) is 13.8 Å². The van der Waals surface area contributed by atoms with E-state index in [0.717, 1.165) is 0 Å². The molecule has 0 aromatic carbocycles. The second-order valence-corrected chi connectivity index (χ2v) is 3.91. The van der Waals surface area contributed by atoms with E-state index in [2.05, 4.69) is 10.1 Å². The molecule has 7 heteroatoms. The fourth-order valence-electron chi connectivity index (χ4n) is 1.11. The Bertz CT molecular complexity index is 331. The smallest absolute Gasteiger partial charge is 0.261 e. The molecule has 1 aromatic rings. The topological polar surface area (TPSA) is 74.2 Å². The lowest BCUT2D eigenvalue weighted by molar-refractivity contribution is 0.0182. The van der Waals surface area contributed by atoms with E-state index < -0.39 is 13.0 Å². The van der Waals surface area contributed by atoms with E-state index in [9.17, 15) is 8.78 Å². The molecule has 0 spiro atoms. The number of hydrogen-bond acceptors (Lipinski definition) is 5. The first-order valence-electron chi connectivity index (χ1n) is 5.44. The van der Waals surface area contributed by atoms with Gasteiger partial charge in [0.25, 0.3) is 6.43 Å². The number of nitrogens with zero attached hydrogens (tertiary/aromatic N) is 2. The van der Waals surface area contributed by atoms with Crippen LogP contribution < -0.4 is 5.73 Å². The van der Waals surface area contributed by atoms with Crippen molar-refractivity contribution in [3.05, 3.63) is 11.7 Å². The first kappa shape index (κ1) is 14.0. The molecule has 0 saturated carbocycles. The molecule has 0 saturated heterocycles. The van der Waals surface area contributed by atoms with Crippen LogP contribution >= 0.6 is 0 Å². The average Bonchev–Trinajstić information content (AvgIpc) is 2.71. The highest BCUT2D eigenvalue weighted by atomic mass is 19.3. The molecule has 0 radical (unpaired) electrons. The molecule has 0 amide bonds. The maximum atomic E-state index is 11.8. The van der Waals surface area contributed by atoms with E-state index >= 15 is 0 Å². The summed E-state index contributed by atoms with van der Waals surface area (Å²) in [5, 5.41) is 3.73. The normalized spacial score (nSPS) is 15.2. The molecule has 5 nitrogen and oxygen atoms in total. The monoisotopic (exact) mass is 249 g/mol. The van der Waals surface area contributed by atoms with Crippen LogP contribution in [-0.4, -0.2) is 35.8 Å². The molecule has 17 heavy (non-hydrogen) atoms. The minimum Gasteiger partial charge on any atom is -0.375 e. The number of rotatable bonds is 7. The lowest BCUT2D eigenvalue weighted by atomic mass is 10.1. The largest absolute Gasteiger partial charge is 0.375 e. The highest BCUT2D eigenvalue weighted by molar-refractivity contribution is 4.95. The molecule has 0 aliphatic heterocycles. The summed E-state index contributed by atoms with van der Waals surface area (Å²) >= 11 is 0. The molecule has 1 aromatic heterocycles. The summed E-state index contributed by atoms with van der Waals surface area (Å²) in [5.41, 5.74) is 5.70. The van der Waals surface area contributed by atoms with Crippen molar-refractivity contribution in [1.29, 1.82) is 0 Å². The molecule has 2 atom stereocenters. The zero-order valence-corrected chi connectivity index (χ0v) is 9.90. The predicted molar refractivity (Wildman–Crippen MR) is 56.9 cm³/mol. The summed E-state index contributed by atoms with van der Waals surface area (Å²) in [4.78, 5) is 4.12. The molecule has 2 N–H and O–H groups in total. The summed E-state index contributed by atoms with van der Waals surface area (Å²) in [6.45, 7) is 3.31. The van der Waals surface area contributed by atoms with Gasteiger partial charge in [0.05, 0.1) is 12.5 Å². The number of alkyl halides is 2. The van der Waals surface area contributed by atoms with Gasteiger partial charge in [-0.25, -0.2) is 8.78 Å². The third kappa shape index (κ3) is 4.74. The maximum absolute atomic E-state index is 11.8. The van der Waals surface area contributed by atoms with Gasteiger partial charge in [-0.1, -0.05) is 12.1 Å². The molecule has 1 rings (SSSR count). The lowest BCUT2D eigenvalue weighted by Gasteiger charge is -2.09. The minimum atomic E-state index is -2.45. The Morgan fingerprint density at radius 1 is 1.41 bits per heavy atom. The molecule has 0 fully saturated rings. The van der Waals surface area contributed by atoms with Crippen molar-refractivity contribution < 1.29 is 18.0 Å². The van der Waals surface area contributed by atoms with Crippen LogP contribution in [0.2, 0.25) is 0 Å². The summed E-state index contributed by atoms with van der Waals surface area (Å²) in [7, 11) is 0. The standard InChI is InChI=1S/C10H17F2N3O2/c1-6(7(2)13)10-14-9(15-17-10)3-4-16-5-8(11)12/h6-8H,3-5,13H2,1-2H3. The second kappa shape index (κ2) is 6.61. The molecular weight excluding hydrogens is 232 g/mol. The van der Waals surface area contributed by atoms with E-state index in [4.69, 9.17) is 15.0 Å². The van der Waals surface area contributed by atoms with Crippen molar-refractivity contribution in [2.75, 3.05) is 13.2 Å². The van der Waals surface area contributed by atoms with Crippen molar-refractivity contribution >= 4 is 0 Å². The number of hydrogen-bond donors (Lipinski definition) is 1. The van der Waals surface area contributed by atoms with Crippen molar-refractivity contribution in [2.45, 2.75) is 38.7 Å². The van der Waals surface area contributed by atoms with Gasteiger partial charge in [0.15, 0.2) is 5.82 Å². The SMILES string of the molecule is CC(N)C(C)c1nc(CCOCC(F)F)no1. The summed E-state index contributed by atoms with van der Waals surface area (Å²) in [6, 6.07) is -0.0848. The fraction of sp³-hybridized carbons (Fsp3) is 0.800. The summed E-state index contributed by atoms with van der Waals surface area (Å²) in [6.07, 6.45) is -2.10. The maximum Gasteiger partial charge on any atom is 0.261 e. The number of nitrogens with two attached hydrogens (primary N) is 1. The number of halogens is 2. The van der Waals surface area contributed by atoms with Crippen LogP contribution in [0, 0.1) is 0 Å². The predicted octanol–water partition coefficient (Wildman–Crippen LogP) is 1.34. The van der Waals surface area contributed by atoms with Gasteiger partial charge >= 0.3 is 0 Å². The van der Waals surface area contributed by atoms with Crippen LogP contribution in [0.5, 0.6) is 0 Å². The van der Waals surface area contributed by atoms with Gasteiger partial charge in [0, 0.05) is 12.5 Å². The summed E-state index contributed by atoms with van der Waals surface area (Å²) in [5.74, 6) is 0.879. The van der Waals surface area contributed by atoms with Crippen LogP contribution in [-0.2, 0) is 11.2 Å². The fourth-order valence-corrected chi connectivity index (χ4v) is 1.11. The Kier molecular flexibility index (Phi) is 5.43. The number of ether oxygens (including phenoxy) is 1. The van der Waals surface area contributed by atoms with Gasteiger partial charge in [0.2, 0.25) is 5.89 Å². The van der Waals surface area contributed by atoms with Crippen LogP contribution in [0.15, 0.2) is 4.52 Å². The van der Waals surface area contributed by atoms with Crippen LogP contribution in [0.4, 0.5) is 8.78 Å². The number of aromatic nitrogens is 2. The summed E-state index contributed by atoms with van der Waals surface area (Å²) < 4.78 is 33.3. The highest BCUT2D eigenvalue weighted by Gasteiger charge is 2.17. The quantitative estimate of drug-likeness (QED) is 0.738. The van der Waals surface area contributed by atoms with Gasteiger partial charge in [-0.05, 0) is 6.92 Å². The zero-order valence-electron chi connectivity index (χ0n) is 9.90. The van der Waals surface area contributed by atoms with Crippen molar-refractivity contribution in [1.82, 2.24) is 10.1 Å². The van der Waals surface area contributed by atoms with Gasteiger partial charge < -0.3 is 15.0 Å². The highest BCUT2D eigenvalue weighted by Crippen LogP contribution is 2.15. The Hall–Kier alpha value is -1.08. The first-order chi connectivity index (χ1) is 8.00. The Morgan fingerprint density at radius 2 is 2.12 bits per heavy atom. The van der Waals surface area contributed by atoms with Crippen molar-refractivity contribution in [3.63, 3.8) is 0 Å². The minimum absolute atomic E-state index is 0.0294. The molecule has 0 aliphatic carbocycles. The zero-order chi connectivity index (χ0) is 12.8. The van der Waals surface area contributed by atoms with Gasteiger partial charge in [-0.15, -0.1) is 0 Å². The first-order valence-corrected chi connectivity index (χ1v) is 5.44. The Balaban J connectivity index is 2.36. The molecule has 0 aliphatic rings. The van der Waals surface area contributed by atoms with E-state index in [1.54, 1.807) is 0 Å². The van der Waals surface area contributed by atoms with Gasteiger partial charge in [-0.3, -0.25) is 0 Å². The van der Waals surface area contributed by atoms with Crippen LogP contribution in [0.1, 0.15) is 31.5 Å². The molecule has 0 bridgehead atoms. The van der Waals surface area contributed by atoms with E-state index in [1.165, 1.54) is 0 Å². The van der Waals surface area contributed by atoms with E-state index in [-0.39, 0.29) is 18.6 Å². The van der Waals surface area contributed by atoms with Crippen LogP contribution in [0.3, 0.4) is 0 Å². The molecule has 1 heterocycles. The second-order valence-electron chi connectivity index (χ2n) is 3.91. The van der Waals surface area contributed by atoms with Gasteiger partial charge in [0.1, 0.15) is 6.61 Å². The average molecular weight is 249 g/mol. The van der Waals surface area contributed by atoms with E-state index in [0.29, 0.717) is 18.1 Å². The third-order valence-corrected chi connectivity index (χ3v) is 2.38. The third-order valence-electron chi connectivity index (χ3n) is 2.38. The molecule has 2 unspecified atom stereocenters. The molecule has 98 valence electrons. The Morgan fingerprint density at radius 3 is 2.71 bits per heavy atom. The lowest BCUT2D eigenvalue weighted by Crippen LogP contribution is -2.22. The van der Waals surface area contributed by atoms with Crippen LogP contribution in [0.25, 0.3) is 0 Å². The van der Waals surface area contributed by atoms with Crippen molar-refractivity contribution in [2.24, 2.45) is 5.73 Å².